The highest BCUT2D eigenvalue weighted by atomic mass is 16.5. The van der Waals surface area contributed by atoms with E-state index in [1.165, 1.54) is 6.20 Å². The van der Waals surface area contributed by atoms with Crippen LogP contribution >= 0.6 is 0 Å². The van der Waals surface area contributed by atoms with Gasteiger partial charge < -0.3 is 15.4 Å². The van der Waals surface area contributed by atoms with Gasteiger partial charge in [0.05, 0.1) is 12.1 Å². The third kappa shape index (κ3) is 5.19. The molecule has 2 N–H and O–H groups in total. The van der Waals surface area contributed by atoms with Crippen LogP contribution < -0.4 is 10.6 Å². The van der Waals surface area contributed by atoms with Crippen molar-refractivity contribution in [3.05, 3.63) is 83.6 Å². The van der Waals surface area contributed by atoms with E-state index in [0.29, 0.717) is 6.54 Å². The van der Waals surface area contributed by atoms with Gasteiger partial charge in [-0.3, -0.25) is 4.79 Å². The summed E-state index contributed by atoms with van der Waals surface area (Å²) in [5.41, 5.74) is 2.15. The first-order valence-electron chi connectivity index (χ1n) is 9.14. The van der Waals surface area contributed by atoms with E-state index < -0.39 is 0 Å². The van der Waals surface area contributed by atoms with Gasteiger partial charge in [-0.15, -0.1) is 0 Å². The number of carbonyl (C=O) groups excluding carboxylic acids is 1. The molecule has 27 heavy (non-hydrogen) atoms. The number of nitriles is 1. The molecule has 1 heterocycles. The lowest BCUT2D eigenvalue weighted by Gasteiger charge is -2.19. The molecule has 2 aromatic carbocycles. The predicted molar refractivity (Wildman–Crippen MR) is 104 cm³/mol. The Balaban J connectivity index is 1.72. The van der Waals surface area contributed by atoms with Gasteiger partial charge in [0.2, 0.25) is 0 Å². The molecular weight excluding hydrogens is 338 g/mol. The molecule has 2 aromatic rings. The molecule has 1 aliphatic heterocycles. The lowest BCUT2D eigenvalue weighted by atomic mass is 9.99. The normalized spacial score (nSPS) is 16.7. The van der Waals surface area contributed by atoms with Gasteiger partial charge >= 0.3 is 0 Å². The molecule has 3 rings (SSSR count). The molecule has 1 unspecified atom stereocenters. The van der Waals surface area contributed by atoms with E-state index in [1.54, 1.807) is 0 Å². The maximum Gasteiger partial charge on any atom is 0.263 e. The van der Waals surface area contributed by atoms with Crippen molar-refractivity contribution in [3.8, 4) is 6.07 Å². The SMILES string of the molecule is N#C/C(=C/NC(c1ccccc1)c1ccccc1)C(=O)NCC1CCCO1. The molecule has 0 spiro atoms. The molecule has 138 valence electrons. The van der Waals surface area contributed by atoms with Crippen LogP contribution in [0.4, 0.5) is 0 Å². The van der Waals surface area contributed by atoms with Gasteiger partial charge in [-0.2, -0.15) is 5.26 Å². The zero-order chi connectivity index (χ0) is 18.9. The van der Waals surface area contributed by atoms with E-state index in [0.717, 1.165) is 30.6 Å². The Morgan fingerprint density at radius 2 is 1.78 bits per heavy atom. The molecule has 1 fully saturated rings. The van der Waals surface area contributed by atoms with E-state index in [2.05, 4.69) is 10.6 Å². The van der Waals surface area contributed by atoms with Gasteiger partial charge in [-0.25, -0.2) is 0 Å². The minimum absolute atomic E-state index is 0.0447. The summed E-state index contributed by atoms with van der Waals surface area (Å²) in [6, 6.07) is 21.7. The monoisotopic (exact) mass is 361 g/mol. The fraction of sp³-hybridized carbons (Fsp3) is 0.273. The van der Waals surface area contributed by atoms with Crippen LogP contribution in [-0.4, -0.2) is 25.2 Å². The zero-order valence-electron chi connectivity index (χ0n) is 15.1. The maximum absolute atomic E-state index is 12.3. The van der Waals surface area contributed by atoms with Crippen molar-refractivity contribution in [3.63, 3.8) is 0 Å². The Labute approximate surface area is 159 Å². The number of carbonyl (C=O) groups is 1. The topological polar surface area (TPSA) is 74.2 Å². The van der Waals surface area contributed by atoms with Crippen LogP contribution in [0, 0.1) is 11.3 Å². The van der Waals surface area contributed by atoms with Crippen molar-refractivity contribution in [1.29, 1.82) is 5.26 Å². The molecule has 1 amide bonds. The molecule has 0 saturated carbocycles. The Morgan fingerprint density at radius 3 is 2.30 bits per heavy atom. The fourth-order valence-corrected chi connectivity index (χ4v) is 3.10. The van der Waals surface area contributed by atoms with Gasteiger partial charge in [0.15, 0.2) is 0 Å². The smallest absolute Gasteiger partial charge is 0.263 e. The highest BCUT2D eigenvalue weighted by Crippen LogP contribution is 2.22. The highest BCUT2D eigenvalue weighted by molar-refractivity contribution is 5.97. The molecule has 1 aliphatic rings. The minimum atomic E-state index is -0.389. The van der Waals surface area contributed by atoms with Crippen molar-refractivity contribution in [1.82, 2.24) is 10.6 Å². The molecule has 0 radical (unpaired) electrons. The van der Waals surface area contributed by atoms with E-state index in [4.69, 9.17) is 4.74 Å². The molecule has 5 heteroatoms. The number of ether oxygens (including phenoxy) is 1. The van der Waals surface area contributed by atoms with Crippen LogP contribution in [-0.2, 0) is 9.53 Å². The summed E-state index contributed by atoms with van der Waals surface area (Å²) >= 11 is 0. The first-order chi connectivity index (χ1) is 13.3. The summed E-state index contributed by atoms with van der Waals surface area (Å²) in [6.45, 7) is 1.16. The third-order valence-electron chi connectivity index (χ3n) is 4.54. The van der Waals surface area contributed by atoms with Gasteiger partial charge in [0, 0.05) is 19.4 Å². The van der Waals surface area contributed by atoms with Crippen molar-refractivity contribution in [2.24, 2.45) is 0 Å². The second-order valence-corrected chi connectivity index (χ2v) is 6.44. The second-order valence-electron chi connectivity index (χ2n) is 6.44. The summed E-state index contributed by atoms with van der Waals surface area (Å²) in [5, 5.41) is 15.4. The number of benzene rings is 2. The Bertz CT molecular complexity index is 767. The van der Waals surface area contributed by atoms with Gasteiger partial charge in [-0.05, 0) is 24.0 Å². The highest BCUT2D eigenvalue weighted by Gasteiger charge is 2.18. The summed E-state index contributed by atoms with van der Waals surface area (Å²) in [4.78, 5) is 12.3. The van der Waals surface area contributed by atoms with Crippen LogP contribution in [0.5, 0.6) is 0 Å². The Morgan fingerprint density at radius 1 is 1.15 bits per heavy atom. The molecule has 1 atom stereocenters. The Kier molecular flexibility index (Phi) is 6.61. The van der Waals surface area contributed by atoms with E-state index in [-0.39, 0.29) is 23.6 Å². The Hall–Kier alpha value is -3.10. The van der Waals surface area contributed by atoms with Gasteiger partial charge in [0.1, 0.15) is 11.6 Å². The first kappa shape index (κ1) is 18.7. The largest absolute Gasteiger partial charge is 0.379 e. The summed E-state index contributed by atoms with van der Waals surface area (Å²) in [6.07, 6.45) is 3.49. The van der Waals surface area contributed by atoms with Crippen molar-refractivity contribution < 1.29 is 9.53 Å². The summed E-state index contributed by atoms with van der Waals surface area (Å²) in [7, 11) is 0. The quantitative estimate of drug-likeness (QED) is 0.587. The van der Waals surface area contributed by atoms with Crippen LogP contribution in [0.3, 0.4) is 0 Å². The third-order valence-corrected chi connectivity index (χ3v) is 4.54. The molecule has 0 aromatic heterocycles. The first-order valence-corrected chi connectivity index (χ1v) is 9.14. The van der Waals surface area contributed by atoms with Crippen molar-refractivity contribution in [2.75, 3.05) is 13.2 Å². The molecule has 5 nitrogen and oxygen atoms in total. The van der Waals surface area contributed by atoms with Crippen molar-refractivity contribution in [2.45, 2.75) is 25.0 Å². The number of amides is 1. The second kappa shape index (κ2) is 9.56. The van der Waals surface area contributed by atoms with Crippen molar-refractivity contribution >= 4 is 5.91 Å². The van der Waals surface area contributed by atoms with Gasteiger partial charge in [-0.1, -0.05) is 60.7 Å². The number of hydrogen-bond donors (Lipinski definition) is 2. The number of nitrogens with one attached hydrogen (secondary N) is 2. The predicted octanol–water partition coefficient (Wildman–Crippen LogP) is 3.07. The molecule has 0 bridgehead atoms. The average Bonchev–Trinajstić information content (AvgIpc) is 3.24. The molecule has 1 saturated heterocycles. The number of nitrogens with zero attached hydrogens (tertiary/aromatic N) is 1. The zero-order valence-corrected chi connectivity index (χ0v) is 15.1. The van der Waals surface area contributed by atoms with Crippen LogP contribution in [0.25, 0.3) is 0 Å². The van der Waals surface area contributed by atoms with Crippen LogP contribution in [0.2, 0.25) is 0 Å². The summed E-state index contributed by atoms with van der Waals surface area (Å²) in [5.74, 6) is -0.389. The lowest BCUT2D eigenvalue weighted by molar-refractivity contribution is -0.117. The number of hydrogen-bond acceptors (Lipinski definition) is 4. The molecular formula is C22H23N3O2. The van der Waals surface area contributed by atoms with E-state index in [1.807, 2.05) is 66.7 Å². The van der Waals surface area contributed by atoms with E-state index in [9.17, 15) is 10.1 Å². The molecule has 0 aliphatic carbocycles. The average molecular weight is 361 g/mol. The fourth-order valence-electron chi connectivity index (χ4n) is 3.10. The van der Waals surface area contributed by atoms with Crippen LogP contribution in [0.15, 0.2) is 72.4 Å². The minimum Gasteiger partial charge on any atom is -0.379 e. The number of rotatable bonds is 7. The van der Waals surface area contributed by atoms with Gasteiger partial charge in [0.25, 0.3) is 5.91 Å². The van der Waals surface area contributed by atoms with E-state index >= 15 is 0 Å². The maximum atomic E-state index is 12.3. The van der Waals surface area contributed by atoms with Crippen LogP contribution in [0.1, 0.15) is 30.0 Å². The lowest BCUT2D eigenvalue weighted by Crippen LogP contribution is -2.33. The summed E-state index contributed by atoms with van der Waals surface area (Å²) < 4.78 is 5.50. The standard InChI is InChI=1S/C22H23N3O2/c23-14-19(22(26)25-16-20-12-7-13-27-20)15-24-21(17-8-3-1-4-9-17)18-10-5-2-6-11-18/h1-6,8-11,15,20-21,24H,7,12-13,16H2,(H,25,26)/b19-15-.